The Kier molecular flexibility index (Phi) is 8.59. The van der Waals surface area contributed by atoms with Gasteiger partial charge in [-0.15, -0.1) is 0 Å². The van der Waals surface area contributed by atoms with Crippen LogP contribution in [-0.4, -0.2) is 21.4 Å². The van der Waals surface area contributed by atoms with E-state index in [1.807, 2.05) is 39.8 Å². The zero-order valence-corrected chi connectivity index (χ0v) is 21.4. The average Bonchev–Trinajstić information content (AvgIpc) is 2.78. The van der Waals surface area contributed by atoms with Crippen molar-refractivity contribution in [2.45, 2.75) is 131 Å². The van der Waals surface area contributed by atoms with Crippen molar-refractivity contribution in [3.05, 3.63) is 46.6 Å². The summed E-state index contributed by atoms with van der Waals surface area (Å²) in [6.45, 7) is 7.45. The topological polar surface area (TPSA) is 40.5 Å². The third-order valence-electron chi connectivity index (χ3n) is 6.78. The van der Waals surface area contributed by atoms with E-state index in [1.54, 1.807) is 0 Å². The summed E-state index contributed by atoms with van der Waals surface area (Å²) in [5.41, 5.74) is 1.80. The number of allylic oxidation sites excluding steroid dienone is 8. The van der Waals surface area contributed by atoms with Crippen molar-refractivity contribution in [2.24, 2.45) is 11.8 Å². The molecular formula is C30H52O2. The van der Waals surface area contributed by atoms with Gasteiger partial charge in [0.1, 0.15) is 0 Å². The highest BCUT2D eigenvalue weighted by Gasteiger charge is 2.32. The number of hydrogen-bond donors (Lipinski definition) is 2. The summed E-state index contributed by atoms with van der Waals surface area (Å²) in [6, 6.07) is 0. The molecule has 0 fully saturated rings. The Hall–Kier alpha value is -1.12. The number of hydrogen-bond acceptors (Lipinski definition) is 2. The van der Waals surface area contributed by atoms with Crippen LogP contribution in [0.2, 0.25) is 0 Å². The first-order chi connectivity index (χ1) is 17.3. The molecule has 2 nitrogen and oxygen atoms in total. The van der Waals surface area contributed by atoms with Crippen LogP contribution >= 0.6 is 0 Å². The van der Waals surface area contributed by atoms with Gasteiger partial charge in [0.15, 0.2) is 0 Å². The molecular weight excluding hydrogens is 392 g/mol. The van der Waals surface area contributed by atoms with Gasteiger partial charge in [-0.05, 0) is 131 Å². The van der Waals surface area contributed by atoms with E-state index in [0.717, 1.165) is 36.8 Å². The van der Waals surface area contributed by atoms with Crippen LogP contribution in [0.4, 0.5) is 0 Å². The van der Waals surface area contributed by atoms with Crippen LogP contribution in [0.25, 0.3) is 0 Å². The monoisotopic (exact) mass is 450 g/mol. The second-order valence-corrected chi connectivity index (χ2v) is 10.5. The summed E-state index contributed by atoms with van der Waals surface area (Å²) in [5, 5.41) is 21.5. The Balaban J connectivity index is 0.000000380. The van der Waals surface area contributed by atoms with Crippen molar-refractivity contribution in [1.82, 2.24) is 0 Å². The smallest absolute Gasteiger partial charge is 0.0653 e. The molecule has 2 heteroatoms. The van der Waals surface area contributed by atoms with Gasteiger partial charge in [-0.3, -0.25) is 0 Å². The van der Waals surface area contributed by atoms with E-state index in [1.165, 1.54) is 11.1 Å². The van der Waals surface area contributed by atoms with E-state index >= 15 is 0 Å². The fraction of sp³-hybridized carbons (Fsp3) is 0.733. The number of aliphatic hydroxyl groups is 2. The molecule has 0 radical (unpaired) electrons. The van der Waals surface area contributed by atoms with Crippen molar-refractivity contribution in [3.63, 3.8) is 0 Å². The predicted octanol–water partition coefficient (Wildman–Crippen LogP) is 8.46. The highest BCUT2D eigenvalue weighted by Crippen LogP contribution is 2.35. The molecule has 2 aliphatic carbocycles. The lowest BCUT2D eigenvalue weighted by Gasteiger charge is -2.34. The quantitative estimate of drug-likeness (QED) is 0.364. The first kappa shape index (κ1) is 20.3. The average molecular weight is 451 g/mol. The van der Waals surface area contributed by atoms with Crippen LogP contribution in [0.15, 0.2) is 46.6 Å². The molecule has 184 valence electrons. The molecule has 2 rings (SSSR count). The molecule has 2 aliphatic rings. The highest BCUT2D eigenvalue weighted by molar-refractivity contribution is 5.07. The maximum absolute atomic E-state index is 10.8. The molecule has 0 heterocycles. The Morgan fingerprint density at radius 2 is 1.22 bits per heavy atom. The fourth-order valence-corrected chi connectivity index (χ4v) is 4.37. The molecule has 0 aromatic heterocycles. The molecule has 0 bridgehead atoms. The Labute approximate surface area is 208 Å². The van der Waals surface area contributed by atoms with Gasteiger partial charge in [0.05, 0.1) is 11.2 Å². The second kappa shape index (κ2) is 13.6. The largest absolute Gasteiger partial charge is 0.390 e. The van der Waals surface area contributed by atoms with E-state index < -0.39 is 24.9 Å². The van der Waals surface area contributed by atoms with Gasteiger partial charge >= 0.3 is 0 Å². The zero-order valence-electron chi connectivity index (χ0n) is 27.4. The number of rotatable bonds is 8. The molecule has 0 saturated heterocycles. The van der Waals surface area contributed by atoms with E-state index in [0.29, 0.717) is 38.5 Å². The minimum absolute atomic E-state index is 0.158. The van der Waals surface area contributed by atoms with E-state index in [2.05, 4.69) is 26.0 Å². The molecule has 0 amide bonds. The summed E-state index contributed by atoms with van der Waals surface area (Å²) in [4.78, 5) is 0. The van der Waals surface area contributed by atoms with Crippen molar-refractivity contribution >= 4 is 0 Å². The molecule has 2 unspecified atom stereocenters. The van der Waals surface area contributed by atoms with Crippen molar-refractivity contribution in [2.75, 3.05) is 0 Å². The third-order valence-corrected chi connectivity index (χ3v) is 6.78. The molecule has 2 N–H and O–H groups in total. The highest BCUT2D eigenvalue weighted by atomic mass is 16.3. The Morgan fingerprint density at radius 1 is 0.844 bits per heavy atom. The molecule has 0 saturated carbocycles. The molecule has 32 heavy (non-hydrogen) atoms. The lowest BCUT2D eigenvalue weighted by molar-refractivity contribution is -0.0125. The zero-order chi connectivity index (χ0) is 29.4. The molecule has 0 spiro atoms. The second-order valence-electron chi connectivity index (χ2n) is 10.5. The summed E-state index contributed by atoms with van der Waals surface area (Å²) in [5.74, 6) is -0.316. The third kappa shape index (κ3) is 11.1. The minimum Gasteiger partial charge on any atom is -0.390 e. The van der Waals surface area contributed by atoms with E-state index in [9.17, 15) is 10.2 Å². The summed E-state index contributed by atoms with van der Waals surface area (Å²) in [6.07, 6.45) is 14.7. The van der Waals surface area contributed by atoms with Crippen molar-refractivity contribution < 1.29 is 18.4 Å². The summed E-state index contributed by atoms with van der Waals surface area (Å²) >= 11 is 0. The molecule has 0 aromatic carbocycles. The first-order valence-electron chi connectivity index (χ1n) is 15.4. The van der Waals surface area contributed by atoms with Gasteiger partial charge in [0.2, 0.25) is 0 Å². The van der Waals surface area contributed by atoms with Crippen LogP contribution in [0.5, 0.6) is 0 Å². The minimum atomic E-state index is -2.31. The van der Waals surface area contributed by atoms with E-state index in [4.69, 9.17) is 8.22 Å². The maximum atomic E-state index is 10.8. The van der Waals surface area contributed by atoms with Gasteiger partial charge in [-0.25, -0.2) is 0 Å². The van der Waals surface area contributed by atoms with Crippen LogP contribution in [-0.2, 0) is 0 Å². The summed E-state index contributed by atoms with van der Waals surface area (Å²) < 4.78 is 46.2. The molecule has 0 aliphatic heterocycles. The molecule has 4 atom stereocenters. The lowest BCUT2D eigenvalue weighted by atomic mass is 9.76. The van der Waals surface area contributed by atoms with Crippen LogP contribution < -0.4 is 0 Å². The lowest BCUT2D eigenvalue weighted by Crippen LogP contribution is -2.35. The van der Waals surface area contributed by atoms with Gasteiger partial charge in [0, 0.05) is 8.22 Å². The van der Waals surface area contributed by atoms with Crippen LogP contribution in [0.1, 0.15) is 128 Å². The standard InChI is InChI=1S/2C15H26O/c2*1-12(2)6-5-11-15(4,16)14-9-7-13(3)8-10-14/h2*6-7,14,16H,5,8-11H2,1-4H3/t2*14-,15?/m10/s1/i2*4D3. The van der Waals surface area contributed by atoms with Crippen LogP contribution in [0.3, 0.4) is 0 Å². The van der Waals surface area contributed by atoms with Gasteiger partial charge in [-0.1, -0.05) is 46.6 Å². The van der Waals surface area contributed by atoms with Crippen molar-refractivity contribution in [1.29, 1.82) is 0 Å². The molecule has 0 aromatic rings. The first-order valence-corrected chi connectivity index (χ1v) is 12.4. The van der Waals surface area contributed by atoms with Crippen molar-refractivity contribution in [3.8, 4) is 0 Å². The summed E-state index contributed by atoms with van der Waals surface area (Å²) in [7, 11) is 0. The van der Waals surface area contributed by atoms with Gasteiger partial charge in [-0.2, -0.15) is 0 Å². The Bertz CT molecular complexity index is 800. The maximum Gasteiger partial charge on any atom is 0.0653 e. The SMILES string of the molecule is [2H]C([2H])([2H])C(O)(CCC=C(C)C)[C@@H]1CC=C(C)CC1.[2H]C([2H])([2H])C(O)(CCC=C(C)C)[C@H]1CC=C(C)CC1. The van der Waals surface area contributed by atoms with Gasteiger partial charge < -0.3 is 10.2 Å². The Morgan fingerprint density at radius 3 is 1.47 bits per heavy atom. The fourth-order valence-electron chi connectivity index (χ4n) is 4.37. The van der Waals surface area contributed by atoms with Crippen LogP contribution in [0, 0.1) is 11.8 Å². The predicted molar refractivity (Wildman–Crippen MR) is 141 cm³/mol. The van der Waals surface area contributed by atoms with E-state index in [-0.39, 0.29) is 11.8 Å². The normalized spacial score (nSPS) is 28.1. The van der Waals surface area contributed by atoms with Gasteiger partial charge in [0.25, 0.3) is 0 Å².